The van der Waals surface area contributed by atoms with Crippen molar-refractivity contribution in [1.82, 2.24) is 0 Å². The number of carbonyl (C=O) groups excluding carboxylic acids is 1. The minimum Gasteiger partial charge on any atom is -0.462 e. The van der Waals surface area contributed by atoms with Crippen LogP contribution in [0.15, 0.2) is 0 Å². The Balaban J connectivity index is 2.02. The van der Waals surface area contributed by atoms with Crippen LogP contribution in [0, 0.1) is 35.0 Å². The summed E-state index contributed by atoms with van der Waals surface area (Å²) in [5.74, 6) is 0.848. The van der Waals surface area contributed by atoms with Gasteiger partial charge < -0.3 is 14.9 Å². The molecule has 1 heterocycles. The summed E-state index contributed by atoms with van der Waals surface area (Å²) in [6, 6.07) is 0. The van der Waals surface area contributed by atoms with Crippen LogP contribution in [-0.2, 0) is 9.53 Å². The van der Waals surface area contributed by atoms with Crippen LogP contribution >= 0.6 is 0 Å². The number of fused-ring (bicyclic) bond motifs is 3. The average molecular weight is 310 g/mol. The van der Waals surface area contributed by atoms with Gasteiger partial charge in [-0.1, -0.05) is 27.7 Å². The molecule has 0 amide bonds. The molecule has 2 saturated carbocycles. The lowest BCUT2D eigenvalue weighted by molar-refractivity contribution is -0.227. The minimum atomic E-state index is -0.435. The van der Waals surface area contributed by atoms with E-state index in [-0.39, 0.29) is 41.2 Å². The van der Waals surface area contributed by atoms with Gasteiger partial charge in [0.2, 0.25) is 0 Å². The number of aliphatic hydroxyl groups is 2. The highest BCUT2D eigenvalue weighted by Gasteiger charge is 2.62. The lowest BCUT2D eigenvalue weighted by Crippen LogP contribution is -2.64. The molecule has 0 bridgehead atoms. The Morgan fingerprint density at radius 2 is 1.95 bits per heavy atom. The lowest BCUT2D eigenvalue weighted by Gasteiger charge is -2.61. The van der Waals surface area contributed by atoms with E-state index < -0.39 is 12.2 Å². The molecule has 2 aliphatic carbocycles. The van der Waals surface area contributed by atoms with Crippen LogP contribution in [0.4, 0.5) is 0 Å². The van der Waals surface area contributed by atoms with E-state index in [9.17, 15) is 15.0 Å². The molecule has 4 heteroatoms. The van der Waals surface area contributed by atoms with Crippen LogP contribution in [-0.4, -0.2) is 34.5 Å². The van der Waals surface area contributed by atoms with E-state index in [0.717, 1.165) is 12.8 Å². The van der Waals surface area contributed by atoms with Crippen molar-refractivity contribution in [2.75, 3.05) is 0 Å². The molecule has 1 saturated heterocycles. The Kier molecular flexibility index (Phi) is 4.05. The van der Waals surface area contributed by atoms with Crippen molar-refractivity contribution in [1.29, 1.82) is 0 Å². The summed E-state index contributed by atoms with van der Waals surface area (Å²) in [7, 11) is 0. The van der Waals surface area contributed by atoms with Gasteiger partial charge in [0.25, 0.3) is 0 Å². The summed E-state index contributed by atoms with van der Waals surface area (Å²) in [5.41, 5.74) is -0.382. The minimum absolute atomic E-state index is 0.0798. The first-order chi connectivity index (χ1) is 10.3. The summed E-state index contributed by atoms with van der Waals surface area (Å²) in [6.45, 7) is 8.43. The van der Waals surface area contributed by atoms with Crippen LogP contribution in [0.5, 0.6) is 0 Å². The zero-order chi connectivity index (χ0) is 16.2. The van der Waals surface area contributed by atoms with Crippen molar-refractivity contribution in [3.8, 4) is 0 Å². The predicted octanol–water partition coefficient (Wildman–Crippen LogP) is 2.37. The van der Waals surface area contributed by atoms with Gasteiger partial charge in [-0.3, -0.25) is 4.79 Å². The highest BCUT2D eigenvalue weighted by molar-refractivity contribution is 5.71. The second-order valence-corrected chi connectivity index (χ2v) is 8.44. The summed E-state index contributed by atoms with van der Waals surface area (Å²) >= 11 is 0. The molecule has 22 heavy (non-hydrogen) atoms. The molecule has 0 aromatic rings. The average Bonchev–Trinajstić information content (AvgIpc) is 2.43. The summed E-state index contributed by atoms with van der Waals surface area (Å²) in [4.78, 5) is 12.2. The van der Waals surface area contributed by atoms with Crippen molar-refractivity contribution in [3.63, 3.8) is 0 Å². The zero-order valence-electron chi connectivity index (χ0n) is 14.2. The maximum absolute atomic E-state index is 12.2. The van der Waals surface area contributed by atoms with Gasteiger partial charge in [0.05, 0.1) is 12.2 Å². The number of hydrogen-bond donors (Lipinski definition) is 2. The molecule has 0 radical (unpaired) electrons. The molecule has 3 rings (SSSR count). The molecule has 4 nitrogen and oxygen atoms in total. The standard InChI is InChI=1S/C18H30O4/c1-9(2)17-11-7-13(19)16-10(3)5-6-14(20)18(16,4)12(11)8-15(21)22-17/h9-14,16-17,19-20H,5-8H2,1-4H3. The van der Waals surface area contributed by atoms with E-state index in [1.807, 2.05) is 0 Å². The molecule has 126 valence electrons. The molecule has 0 aromatic carbocycles. The van der Waals surface area contributed by atoms with Crippen LogP contribution in [0.1, 0.15) is 53.4 Å². The third-order valence-electron chi connectivity index (χ3n) is 6.92. The van der Waals surface area contributed by atoms with E-state index in [1.54, 1.807) is 0 Å². The fraction of sp³-hybridized carbons (Fsp3) is 0.944. The van der Waals surface area contributed by atoms with Crippen LogP contribution in [0.2, 0.25) is 0 Å². The third kappa shape index (κ3) is 2.22. The van der Waals surface area contributed by atoms with Crippen molar-refractivity contribution in [3.05, 3.63) is 0 Å². The van der Waals surface area contributed by atoms with Gasteiger partial charge >= 0.3 is 5.97 Å². The first kappa shape index (κ1) is 16.3. The second kappa shape index (κ2) is 5.48. The molecular formula is C18H30O4. The number of carbonyl (C=O) groups is 1. The van der Waals surface area contributed by atoms with Crippen molar-refractivity contribution < 1.29 is 19.7 Å². The van der Waals surface area contributed by atoms with Gasteiger partial charge in [-0.15, -0.1) is 0 Å². The normalized spacial score (nSPS) is 52.0. The molecule has 2 N–H and O–H groups in total. The quantitative estimate of drug-likeness (QED) is 0.730. The second-order valence-electron chi connectivity index (χ2n) is 8.44. The maximum atomic E-state index is 12.2. The lowest BCUT2D eigenvalue weighted by atomic mass is 9.46. The highest BCUT2D eigenvalue weighted by atomic mass is 16.5. The fourth-order valence-electron chi connectivity index (χ4n) is 5.92. The molecule has 3 fully saturated rings. The van der Waals surface area contributed by atoms with Gasteiger partial charge in [-0.25, -0.2) is 0 Å². The van der Waals surface area contributed by atoms with Gasteiger partial charge in [0.15, 0.2) is 0 Å². The third-order valence-corrected chi connectivity index (χ3v) is 6.92. The molecule has 8 unspecified atom stereocenters. The van der Waals surface area contributed by atoms with E-state index in [4.69, 9.17) is 4.74 Å². The van der Waals surface area contributed by atoms with E-state index in [0.29, 0.717) is 18.8 Å². The monoisotopic (exact) mass is 310 g/mol. The first-order valence-electron chi connectivity index (χ1n) is 8.82. The van der Waals surface area contributed by atoms with Crippen LogP contribution < -0.4 is 0 Å². The van der Waals surface area contributed by atoms with Gasteiger partial charge in [0.1, 0.15) is 6.10 Å². The first-order valence-corrected chi connectivity index (χ1v) is 8.82. The van der Waals surface area contributed by atoms with Crippen LogP contribution in [0.25, 0.3) is 0 Å². The van der Waals surface area contributed by atoms with Crippen molar-refractivity contribution in [2.45, 2.75) is 71.7 Å². The Labute approximate surface area is 133 Å². The highest BCUT2D eigenvalue weighted by Crippen LogP contribution is 2.60. The van der Waals surface area contributed by atoms with E-state index in [2.05, 4.69) is 27.7 Å². The van der Waals surface area contributed by atoms with E-state index >= 15 is 0 Å². The SMILES string of the molecule is CC(C)C1OC(=O)CC2C1CC(O)C1C(C)CCC(O)C21C. The van der Waals surface area contributed by atoms with E-state index in [1.165, 1.54) is 0 Å². The smallest absolute Gasteiger partial charge is 0.306 e. The van der Waals surface area contributed by atoms with Gasteiger partial charge in [-0.05, 0) is 42.9 Å². The van der Waals surface area contributed by atoms with Crippen molar-refractivity contribution >= 4 is 5.97 Å². The molecule has 0 spiro atoms. The summed E-state index contributed by atoms with van der Waals surface area (Å²) in [5, 5.41) is 21.6. The summed E-state index contributed by atoms with van der Waals surface area (Å²) in [6.07, 6.45) is 1.82. The number of ether oxygens (including phenoxy) is 1. The maximum Gasteiger partial charge on any atom is 0.306 e. The van der Waals surface area contributed by atoms with Gasteiger partial charge in [0, 0.05) is 17.8 Å². The fourth-order valence-corrected chi connectivity index (χ4v) is 5.92. The summed E-state index contributed by atoms with van der Waals surface area (Å²) < 4.78 is 5.62. The number of esters is 1. The molecule has 0 aromatic heterocycles. The number of rotatable bonds is 1. The molecule has 1 aliphatic heterocycles. The van der Waals surface area contributed by atoms with Gasteiger partial charge in [-0.2, -0.15) is 0 Å². The topological polar surface area (TPSA) is 66.8 Å². The Morgan fingerprint density at radius 1 is 1.27 bits per heavy atom. The largest absolute Gasteiger partial charge is 0.462 e. The number of cyclic esters (lactones) is 1. The zero-order valence-corrected chi connectivity index (χ0v) is 14.2. The number of aliphatic hydroxyl groups excluding tert-OH is 2. The van der Waals surface area contributed by atoms with Crippen LogP contribution in [0.3, 0.4) is 0 Å². The Hall–Kier alpha value is -0.610. The molecule has 8 atom stereocenters. The Bertz CT molecular complexity index is 448. The molecular weight excluding hydrogens is 280 g/mol. The molecule has 3 aliphatic rings. The predicted molar refractivity (Wildman–Crippen MR) is 82.9 cm³/mol. The Morgan fingerprint density at radius 3 is 2.59 bits per heavy atom. The van der Waals surface area contributed by atoms with Crippen molar-refractivity contribution in [2.24, 2.45) is 35.0 Å². The number of hydrogen-bond acceptors (Lipinski definition) is 4.